The molecule has 0 radical (unpaired) electrons. The van der Waals surface area contributed by atoms with Gasteiger partial charge in [-0.2, -0.15) is 26.3 Å². The van der Waals surface area contributed by atoms with Gasteiger partial charge in [-0.3, -0.25) is 4.79 Å². The van der Waals surface area contributed by atoms with E-state index in [0.717, 1.165) is 32.0 Å². The van der Waals surface area contributed by atoms with Crippen LogP contribution in [0.1, 0.15) is 40.6 Å². The molecule has 0 aromatic carbocycles. The van der Waals surface area contributed by atoms with Crippen LogP contribution < -0.4 is 11.1 Å². The van der Waals surface area contributed by atoms with E-state index in [1.807, 2.05) is 0 Å². The summed E-state index contributed by atoms with van der Waals surface area (Å²) in [5.74, 6) is -4.32. The van der Waals surface area contributed by atoms with Gasteiger partial charge in [0, 0.05) is 5.56 Å². The van der Waals surface area contributed by atoms with E-state index in [9.17, 15) is 31.1 Å². The summed E-state index contributed by atoms with van der Waals surface area (Å²) in [6.45, 7) is 1.77. The second-order valence-electron chi connectivity index (χ2n) is 6.41. The minimum atomic E-state index is -5.08. The second-order valence-corrected chi connectivity index (χ2v) is 6.41. The van der Waals surface area contributed by atoms with Crippen molar-refractivity contribution in [2.75, 3.05) is 13.1 Å². The van der Waals surface area contributed by atoms with Gasteiger partial charge < -0.3 is 20.6 Å². The maximum absolute atomic E-state index is 12.7. The Morgan fingerprint density at radius 1 is 1.11 bits per heavy atom. The van der Waals surface area contributed by atoms with Crippen molar-refractivity contribution in [1.29, 1.82) is 0 Å². The Labute approximate surface area is 148 Å². The Bertz CT molecular complexity index is 700. The lowest BCUT2D eigenvalue weighted by atomic mass is 9.95. The summed E-state index contributed by atoms with van der Waals surface area (Å²) < 4.78 is 74.5. The SMILES string of the molecule is NC(=O)c1oc(C(F)(F)F)cc1C1CC2CNCC2C1.O=C(O)C(F)(F)F. The topological polar surface area (TPSA) is 106 Å². The third-order valence-electron chi connectivity index (χ3n) is 4.60. The molecule has 2 heterocycles. The number of nitrogens with one attached hydrogen (secondary N) is 1. The number of aliphatic carboxylic acids is 1. The van der Waals surface area contributed by atoms with Crippen LogP contribution in [0.15, 0.2) is 10.5 Å². The molecule has 1 aromatic rings. The minimum Gasteiger partial charge on any atom is -0.475 e. The number of fused-ring (bicyclic) bond motifs is 1. The molecule has 1 saturated heterocycles. The number of furan rings is 1. The molecule has 152 valence electrons. The molecule has 3 rings (SSSR count). The van der Waals surface area contributed by atoms with Crippen LogP contribution in [0.25, 0.3) is 0 Å². The first-order valence-corrected chi connectivity index (χ1v) is 7.82. The molecule has 0 bridgehead atoms. The molecule has 2 unspecified atom stereocenters. The molecule has 1 aliphatic heterocycles. The fourth-order valence-corrected chi connectivity index (χ4v) is 3.46. The molecule has 1 saturated carbocycles. The van der Waals surface area contributed by atoms with E-state index in [1.54, 1.807) is 0 Å². The third-order valence-corrected chi connectivity index (χ3v) is 4.60. The Kier molecular flexibility index (Phi) is 5.78. The van der Waals surface area contributed by atoms with E-state index in [-0.39, 0.29) is 11.7 Å². The van der Waals surface area contributed by atoms with E-state index in [0.29, 0.717) is 17.4 Å². The molecular weight excluding hydrogens is 386 g/mol. The number of carboxylic acid groups (broad SMARTS) is 1. The fourth-order valence-electron chi connectivity index (χ4n) is 3.46. The number of rotatable bonds is 2. The monoisotopic (exact) mass is 402 g/mol. The first kappa shape index (κ1) is 21.1. The van der Waals surface area contributed by atoms with Crippen molar-refractivity contribution in [3.63, 3.8) is 0 Å². The smallest absolute Gasteiger partial charge is 0.475 e. The number of halogens is 6. The largest absolute Gasteiger partial charge is 0.490 e. The summed E-state index contributed by atoms with van der Waals surface area (Å²) in [6, 6.07) is 0.944. The molecule has 12 heteroatoms. The predicted octanol–water partition coefficient (Wildman–Crippen LogP) is 2.74. The van der Waals surface area contributed by atoms with Gasteiger partial charge in [0.15, 0.2) is 5.76 Å². The summed E-state index contributed by atoms with van der Waals surface area (Å²) in [6.07, 6.45) is -8.14. The van der Waals surface area contributed by atoms with Gasteiger partial charge >= 0.3 is 18.3 Å². The zero-order chi connectivity index (χ0) is 20.6. The highest BCUT2D eigenvalue weighted by Gasteiger charge is 2.43. The van der Waals surface area contributed by atoms with Gasteiger partial charge in [0.1, 0.15) is 0 Å². The van der Waals surface area contributed by atoms with Gasteiger partial charge in [0.05, 0.1) is 0 Å². The highest BCUT2D eigenvalue weighted by atomic mass is 19.4. The molecule has 2 aliphatic rings. The van der Waals surface area contributed by atoms with Crippen LogP contribution in [0.4, 0.5) is 26.3 Å². The fraction of sp³-hybridized carbons (Fsp3) is 0.600. The number of hydrogen-bond acceptors (Lipinski definition) is 4. The van der Waals surface area contributed by atoms with Gasteiger partial charge in [-0.1, -0.05) is 0 Å². The summed E-state index contributed by atoms with van der Waals surface area (Å²) >= 11 is 0. The normalized spacial score (nSPS) is 24.9. The van der Waals surface area contributed by atoms with E-state index < -0.39 is 30.0 Å². The average molecular weight is 402 g/mol. The highest BCUT2D eigenvalue weighted by molar-refractivity contribution is 5.91. The Morgan fingerprint density at radius 2 is 1.59 bits per heavy atom. The first-order chi connectivity index (χ1) is 12.3. The van der Waals surface area contributed by atoms with Gasteiger partial charge in [-0.05, 0) is 49.8 Å². The molecular formula is C15H16F6N2O4. The van der Waals surface area contributed by atoms with Crippen molar-refractivity contribution in [2.24, 2.45) is 17.6 Å². The van der Waals surface area contributed by atoms with Crippen molar-refractivity contribution in [3.8, 4) is 0 Å². The van der Waals surface area contributed by atoms with E-state index in [1.165, 1.54) is 0 Å². The van der Waals surface area contributed by atoms with Crippen LogP contribution in [0.3, 0.4) is 0 Å². The quantitative estimate of drug-likeness (QED) is 0.660. The lowest BCUT2D eigenvalue weighted by molar-refractivity contribution is -0.192. The number of primary amides is 1. The Hall–Kier alpha value is -2.24. The molecule has 1 aromatic heterocycles. The highest BCUT2D eigenvalue weighted by Crippen LogP contribution is 2.46. The van der Waals surface area contributed by atoms with Gasteiger partial charge in [-0.25, -0.2) is 4.79 Å². The number of nitrogens with two attached hydrogens (primary N) is 1. The van der Waals surface area contributed by atoms with Crippen LogP contribution in [0.5, 0.6) is 0 Å². The molecule has 0 spiro atoms. The molecule has 2 fully saturated rings. The summed E-state index contributed by atoms with van der Waals surface area (Å²) in [5, 5.41) is 10.4. The zero-order valence-corrected chi connectivity index (χ0v) is 13.7. The van der Waals surface area contributed by atoms with Crippen molar-refractivity contribution >= 4 is 11.9 Å². The number of carbonyl (C=O) groups excluding carboxylic acids is 1. The van der Waals surface area contributed by atoms with Crippen molar-refractivity contribution in [3.05, 3.63) is 23.2 Å². The molecule has 2 atom stereocenters. The summed E-state index contributed by atoms with van der Waals surface area (Å²) in [5.41, 5.74) is 5.46. The standard InChI is InChI=1S/C13H15F3N2O2.C2HF3O2/c14-13(15,16)10-3-9(11(20-10)12(17)19)6-1-7-4-18-5-8(7)2-6;3-2(4,5)1(6)7/h3,6-8,18H,1-2,4-5H2,(H2,17,19);(H,6,7). The second kappa shape index (κ2) is 7.41. The average Bonchev–Trinajstić information content (AvgIpc) is 3.19. The van der Waals surface area contributed by atoms with E-state index in [2.05, 4.69) is 9.73 Å². The van der Waals surface area contributed by atoms with Crippen LogP contribution in [0.2, 0.25) is 0 Å². The molecule has 6 nitrogen and oxygen atoms in total. The molecule has 4 N–H and O–H groups in total. The van der Waals surface area contributed by atoms with Gasteiger partial charge in [0.2, 0.25) is 5.76 Å². The Balaban J connectivity index is 0.000000321. The first-order valence-electron chi connectivity index (χ1n) is 7.82. The van der Waals surface area contributed by atoms with Crippen LogP contribution in [-0.2, 0) is 11.0 Å². The van der Waals surface area contributed by atoms with Crippen LogP contribution in [-0.4, -0.2) is 36.2 Å². The van der Waals surface area contributed by atoms with Crippen molar-refractivity contribution in [2.45, 2.75) is 31.1 Å². The summed E-state index contributed by atoms with van der Waals surface area (Å²) in [4.78, 5) is 20.2. The van der Waals surface area contributed by atoms with Gasteiger partial charge in [0.25, 0.3) is 5.91 Å². The van der Waals surface area contributed by atoms with Gasteiger partial charge in [-0.15, -0.1) is 0 Å². The van der Waals surface area contributed by atoms with Crippen LogP contribution in [0, 0.1) is 11.8 Å². The number of amides is 1. The van der Waals surface area contributed by atoms with Crippen LogP contribution >= 0.6 is 0 Å². The predicted molar refractivity (Wildman–Crippen MR) is 77.7 cm³/mol. The molecule has 1 amide bonds. The van der Waals surface area contributed by atoms with Crippen molar-refractivity contribution in [1.82, 2.24) is 5.32 Å². The zero-order valence-electron chi connectivity index (χ0n) is 13.7. The molecule has 27 heavy (non-hydrogen) atoms. The lowest BCUT2D eigenvalue weighted by Crippen LogP contribution is -2.21. The summed E-state index contributed by atoms with van der Waals surface area (Å²) in [7, 11) is 0. The number of carbonyl (C=O) groups is 2. The maximum atomic E-state index is 12.7. The van der Waals surface area contributed by atoms with Crippen molar-refractivity contribution < 1.29 is 45.5 Å². The number of hydrogen-bond donors (Lipinski definition) is 3. The Morgan fingerprint density at radius 3 is 1.96 bits per heavy atom. The number of alkyl halides is 6. The lowest BCUT2D eigenvalue weighted by Gasteiger charge is -2.10. The third kappa shape index (κ3) is 4.93. The molecule has 1 aliphatic carbocycles. The van der Waals surface area contributed by atoms with E-state index in [4.69, 9.17) is 15.6 Å². The number of carboxylic acids is 1. The van der Waals surface area contributed by atoms with E-state index >= 15 is 0 Å². The minimum absolute atomic E-state index is 0.0746. The maximum Gasteiger partial charge on any atom is 0.490 e.